The number of carbonyl (C=O) groups excluding carboxylic acids is 1. The molecule has 0 saturated heterocycles. The third-order valence-corrected chi connectivity index (χ3v) is 4.08. The summed E-state index contributed by atoms with van der Waals surface area (Å²) in [4.78, 5) is 11.5. The number of rotatable bonds is 3. The molecule has 21 heavy (non-hydrogen) atoms. The van der Waals surface area contributed by atoms with Crippen molar-refractivity contribution in [3.05, 3.63) is 64.2 Å². The monoisotopic (exact) mass is 300 g/mol. The van der Waals surface area contributed by atoms with Crippen LogP contribution in [0.4, 0.5) is 5.69 Å². The summed E-state index contributed by atoms with van der Waals surface area (Å²) in [5.74, 6) is -0.0653. The van der Waals surface area contributed by atoms with Gasteiger partial charge in [-0.25, -0.2) is 0 Å². The Kier molecular flexibility index (Phi) is 3.84. The molecule has 1 aliphatic carbocycles. The van der Waals surface area contributed by atoms with E-state index in [1.807, 2.05) is 36.4 Å². The molecule has 0 bridgehead atoms. The highest BCUT2D eigenvalue weighted by molar-refractivity contribution is 6.30. The summed E-state index contributed by atoms with van der Waals surface area (Å²) < 4.78 is 0. The second kappa shape index (κ2) is 5.78. The average molecular weight is 301 g/mol. The first-order valence-electron chi connectivity index (χ1n) is 7.01. The van der Waals surface area contributed by atoms with Crippen LogP contribution < -0.4 is 10.6 Å². The fourth-order valence-corrected chi connectivity index (χ4v) is 2.98. The Morgan fingerprint density at radius 3 is 2.52 bits per heavy atom. The first kappa shape index (κ1) is 14.0. The lowest BCUT2D eigenvalue weighted by Gasteiger charge is -2.13. The minimum absolute atomic E-state index is 0.0653. The van der Waals surface area contributed by atoms with Crippen molar-refractivity contribution in [3.8, 4) is 0 Å². The molecule has 3 nitrogen and oxygen atoms in total. The molecule has 1 aliphatic rings. The quantitative estimate of drug-likeness (QED) is 0.913. The van der Waals surface area contributed by atoms with Crippen molar-refractivity contribution in [2.45, 2.75) is 18.9 Å². The molecule has 0 aliphatic heterocycles. The number of carbonyl (C=O) groups is 1. The topological polar surface area (TPSA) is 41.1 Å². The van der Waals surface area contributed by atoms with E-state index in [1.54, 1.807) is 7.05 Å². The molecular formula is C17H17ClN2O. The summed E-state index contributed by atoms with van der Waals surface area (Å²) in [5.41, 5.74) is 4.39. The molecule has 4 heteroatoms. The van der Waals surface area contributed by atoms with Crippen LogP contribution >= 0.6 is 11.6 Å². The Balaban J connectivity index is 1.67. The lowest BCUT2D eigenvalue weighted by Crippen LogP contribution is -2.20. The largest absolute Gasteiger partial charge is 0.382 e. The van der Waals surface area contributed by atoms with E-state index < -0.39 is 0 Å². The summed E-state index contributed by atoms with van der Waals surface area (Å²) in [7, 11) is 1.63. The first-order valence-corrected chi connectivity index (χ1v) is 7.39. The van der Waals surface area contributed by atoms with Gasteiger partial charge in [0, 0.05) is 29.4 Å². The summed E-state index contributed by atoms with van der Waals surface area (Å²) in [6, 6.07) is 14.0. The molecule has 2 aromatic rings. The summed E-state index contributed by atoms with van der Waals surface area (Å²) in [5, 5.41) is 6.93. The van der Waals surface area contributed by atoms with Gasteiger partial charge in [0.1, 0.15) is 0 Å². The molecule has 2 N–H and O–H groups in total. The number of halogens is 1. The highest BCUT2D eigenvalue weighted by Gasteiger charge is 2.21. The number of amides is 1. The van der Waals surface area contributed by atoms with Gasteiger partial charge in [-0.1, -0.05) is 17.7 Å². The van der Waals surface area contributed by atoms with E-state index in [-0.39, 0.29) is 5.91 Å². The lowest BCUT2D eigenvalue weighted by molar-refractivity contribution is 0.0963. The third-order valence-electron chi connectivity index (χ3n) is 3.85. The van der Waals surface area contributed by atoms with Crippen LogP contribution in [0.1, 0.15) is 21.5 Å². The highest BCUT2D eigenvalue weighted by Crippen LogP contribution is 2.27. The van der Waals surface area contributed by atoms with Crippen LogP contribution in [-0.2, 0) is 12.8 Å². The van der Waals surface area contributed by atoms with Gasteiger partial charge in [0.25, 0.3) is 5.91 Å². The van der Waals surface area contributed by atoms with Crippen molar-refractivity contribution < 1.29 is 4.79 Å². The number of fused-ring (bicyclic) bond motifs is 1. The number of hydrogen-bond donors (Lipinski definition) is 2. The van der Waals surface area contributed by atoms with E-state index >= 15 is 0 Å². The highest BCUT2D eigenvalue weighted by atomic mass is 35.5. The smallest absolute Gasteiger partial charge is 0.251 e. The van der Waals surface area contributed by atoms with Gasteiger partial charge in [-0.15, -0.1) is 0 Å². The van der Waals surface area contributed by atoms with Gasteiger partial charge in [0.2, 0.25) is 0 Å². The van der Waals surface area contributed by atoms with Gasteiger partial charge < -0.3 is 10.6 Å². The molecule has 108 valence electrons. The second-order valence-electron chi connectivity index (χ2n) is 5.32. The van der Waals surface area contributed by atoms with Crippen molar-refractivity contribution in [2.24, 2.45) is 0 Å². The van der Waals surface area contributed by atoms with Gasteiger partial charge >= 0.3 is 0 Å². The lowest BCUT2D eigenvalue weighted by atomic mass is 10.1. The maximum atomic E-state index is 11.5. The van der Waals surface area contributed by atoms with E-state index in [0.717, 1.165) is 23.6 Å². The molecule has 1 amide bonds. The Bertz CT molecular complexity index is 667. The molecule has 0 aromatic heterocycles. The minimum atomic E-state index is -0.0653. The van der Waals surface area contributed by atoms with Gasteiger partial charge in [0.15, 0.2) is 0 Å². The summed E-state index contributed by atoms with van der Waals surface area (Å²) >= 11 is 6.03. The van der Waals surface area contributed by atoms with Gasteiger partial charge in [-0.2, -0.15) is 0 Å². The maximum absolute atomic E-state index is 11.5. The van der Waals surface area contributed by atoms with Gasteiger partial charge in [0.05, 0.1) is 0 Å². The molecule has 1 atom stereocenters. The predicted octanol–water partition coefficient (Wildman–Crippen LogP) is 3.28. The average Bonchev–Trinajstić information content (AvgIpc) is 2.88. The van der Waals surface area contributed by atoms with Crippen LogP contribution in [0.3, 0.4) is 0 Å². The predicted molar refractivity (Wildman–Crippen MR) is 86.1 cm³/mol. The van der Waals surface area contributed by atoms with Crippen molar-refractivity contribution in [2.75, 3.05) is 12.4 Å². The molecular weight excluding hydrogens is 284 g/mol. The molecule has 3 rings (SSSR count). The van der Waals surface area contributed by atoms with E-state index in [2.05, 4.69) is 16.7 Å². The fraction of sp³-hybridized carbons (Fsp3) is 0.235. The molecule has 0 spiro atoms. The maximum Gasteiger partial charge on any atom is 0.251 e. The molecule has 0 heterocycles. The van der Waals surface area contributed by atoms with Crippen LogP contribution in [0.25, 0.3) is 0 Å². The SMILES string of the molecule is CNC(=O)c1ccc(NC2Cc3ccc(Cl)cc3C2)cc1. The summed E-state index contributed by atoms with van der Waals surface area (Å²) in [6.45, 7) is 0. The zero-order chi connectivity index (χ0) is 14.8. The van der Waals surface area contributed by atoms with Crippen LogP contribution in [0, 0.1) is 0 Å². The fourth-order valence-electron chi connectivity index (χ4n) is 2.79. The van der Waals surface area contributed by atoms with Crippen LogP contribution in [0.15, 0.2) is 42.5 Å². The number of benzene rings is 2. The zero-order valence-corrected chi connectivity index (χ0v) is 12.6. The molecule has 0 radical (unpaired) electrons. The molecule has 2 aromatic carbocycles. The Hall–Kier alpha value is -2.00. The van der Waals surface area contributed by atoms with E-state index in [9.17, 15) is 4.79 Å². The van der Waals surface area contributed by atoms with Crippen LogP contribution in [-0.4, -0.2) is 19.0 Å². The Labute approximate surface area is 129 Å². The van der Waals surface area contributed by atoms with E-state index in [1.165, 1.54) is 11.1 Å². The van der Waals surface area contributed by atoms with Crippen LogP contribution in [0.5, 0.6) is 0 Å². The normalized spacial score (nSPS) is 16.4. The van der Waals surface area contributed by atoms with E-state index in [0.29, 0.717) is 11.6 Å². The zero-order valence-electron chi connectivity index (χ0n) is 11.8. The summed E-state index contributed by atoms with van der Waals surface area (Å²) in [6.07, 6.45) is 1.98. The second-order valence-corrected chi connectivity index (χ2v) is 5.76. The molecule has 0 saturated carbocycles. The molecule has 1 unspecified atom stereocenters. The van der Waals surface area contributed by atoms with Crippen molar-refractivity contribution >= 4 is 23.2 Å². The number of hydrogen-bond acceptors (Lipinski definition) is 2. The number of anilines is 1. The third kappa shape index (κ3) is 3.03. The number of nitrogens with one attached hydrogen (secondary N) is 2. The Morgan fingerprint density at radius 1 is 1.10 bits per heavy atom. The van der Waals surface area contributed by atoms with Crippen LogP contribution in [0.2, 0.25) is 5.02 Å². The first-order chi connectivity index (χ1) is 10.2. The van der Waals surface area contributed by atoms with Crippen molar-refractivity contribution in [1.29, 1.82) is 0 Å². The van der Waals surface area contributed by atoms with Crippen molar-refractivity contribution in [3.63, 3.8) is 0 Å². The Morgan fingerprint density at radius 2 is 1.81 bits per heavy atom. The minimum Gasteiger partial charge on any atom is -0.382 e. The standard InChI is InChI=1S/C17H17ClN2O/c1-19-17(21)11-3-6-15(7-4-11)20-16-9-12-2-5-14(18)8-13(12)10-16/h2-8,16,20H,9-10H2,1H3,(H,19,21). The van der Waals surface area contributed by atoms with Crippen molar-refractivity contribution in [1.82, 2.24) is 5.32 Å². The van der Waals surface area contributed by atoms with E-state index in [4.69, 9.17) is 11.6 Å². The molecule has 0 fully saturated rings. The van der Waals surface area contributed by atoms with Gasteiger partial charge in [-0.3, -0.25) is 4.79 Å². The van der Waals surface area contributed by atoms with Gasteiger partial charge in [-0.05, 0) is 60.4 Å².